The van der Waals surface area contributed by atoms with Gasteiger partial charge in [0.1, 0.15) is 6.10 Å². The molecule has 2 saturated carbocycles. The Bertz CT molecular complexity index is 331. The van der Waals surface area contributed by atoms with Crippen LogP contribution in [0.3, 0.4) is 0 Å². The second-order valence-electron chi connectivity index (χ2n) is 5.60. The average Bonchev–Trinajstić information content (AvgIpc) is 2.36. The number of hydrogen-bond acceptors (Lipinski definition) is 4. The van der Waals surface area contributed by atoms with E-state index in [2.05, 4.69) is 0 Å². The summed E-state index contributed by atoms with van der Waals surface area (Å²) in [6, 6.07) is 0. The molecule has 0 bridgehead atoms. The van der Waals surface area contributed by atoms with Crippen LogP contribution in [0.5, 0.6) is 0 Å². The van der Waals surface area contributed by atoms with Crippen molar-refractivity contribution < 1.29 is 19.0 Å². The van der Waals surface area contributed by atoms with Gasteiger partial charge >= 0.3 is 14.0 Å². The maximum Gasteiger partial charge on any atom is 0.325 e. The zero-order chi connectivity index (χ0) is 13.1. The molecule has 0 N–H and O–H groups in total. The largest absolute Gasteiger partial charge is 0.543 e. The van der Waals surface area contributed by atoms with E-state index in [1.54, 1.807) is 0 Å². The lowest BCUT2D eigenvalue weighted by Crippen LogP contribution is -2.36. The molecule has 0 amide bonds. The number of carbonyl (C=O) groups is 2. The fraction of sp³-hybridized carbons (Fsp3) is 0.846. The third kappa shape index (κ3) is 3.06. The summed E-state index contributed by atoms with van der Waals surface area (Å²) >= 11 is 0. The van der Waals surface area contributed by atoms with Crippen LogP contribution in [0.15, 0.2) is 0 Å². The number of ether oxygens (including phenoxy) is 1. The average molecular weight is 252 g/mol. The molecule has 0 radical (unpaired) electrons. The van der Waals surface area contributed by atoms with Crippen molar-refractivity contribution in [1.29, 1.82) is 0 Å². The Morgan fingerprint density at radius 2 is 1.72 bits per heavy atom. The van der Waals surface area contributed by atoms with Crippen LogP contribution in [0.2, 0.25) is 0 Å². The molecule has 2 rings (SSSR count). The minimum absolute atomic E-state index is 0.0597. The summed E-state index contributed by atoms with van der Waals surface area (Å²) < 4.78 is 10.1. The lowest BCUT2D eigenvalue weighted by molar-refractivity contribution is -0.150. The zero-order valence-electron chi connectivity index (χ0n) is 11.2. The van der Waals surface area contributed by atoms with Crippen LogP contribution < -0.4 is 0 Å². The Morgan fingerprint density at radius 1 is 1.06 bits per heavy atom. The molecule has 4 unspecified atom stereocenters. The van der Waals surface area contributed by atoms with Crippen LogP contribution in [0.1, 0.15) is 45.4 Å². The highest BCUT2D eigenvalue weighted by Crippen LogP contribution is 2.43. The maximum absolute atomic E-state index is 11.6. The minimum atomic E-state index is -0.179. The first-order chi connectivity index (χ1) is 8.60. The predicted octanol–water partition coefficient (Wildman–Crippen LogP) is 1.23. The Balaban J connectivity index is 1.87. The molecule has 5 heteroatoms. The van der Waals surface area contributed by atoms with Crippen molar-refractivity contribution in [1.82, 2.24) is 0 Å². The summed E-state index contributed by atoms with van der Waals surface area (Å²) in [5.41, 5.74) is 0. The molecule has 4 nitrogen and oxygen atoms in total. The molecule has 2 aliphatic carbocycles. The van der Waals surface area contributed by atoms with Crippen molar-refractivity contribution in [3.05, 3.63) is 0 Å². The van der Waals surface area contributed by atoms with Crippen molar-refractivity contribution in [3.8, 4) is 0 Å². The molecule has 0 aromatic heterocycles. The van der Waals surface area contributed by atoms with E-state index in [0.29, 0.717) is 11.8 Å². The number of hydrogen-bond donors (Lipinski definition) is 0. The van der Waals surface area contributed by atoms with Gasteiger partial charge in [-0.2, -0.15) is 0 Å². The molecule has 0 heterocycles. The lowest BCUT2D eigenvalue weighted by Gasteiger charge is -2.41. The van der Waals surface area contributed by atoms with Gasteiger partial charge in [0, 0.05) is 6.92 Å². The SMILES string of the molecule is BOC(=O)C1CCC2CC(OC(C)=O)CCC2C1. The molecule has 2 fully saturated rings. The van der Waals surface area contributed by atoms with E-state index in [9.17, 15) is 9.59 Å². The number of esters is 1. The molecule has 0 aromatic carbocycles. The van der Waals surface area contributed by atoms with Crippen LogP contribution >= 0.6 is 0 Å². The van der Waals surface area contributed by atoms with Gasteiger partial charge in [-0.15, -0.1) is 0 Å². The standard InChI is InChI=1S/C13H21BO4/c1-8(15)17-12-5-4-9-6-11(13(16)18-14)3-2-10(9)7-12/h9-12H,2-7,14H2,1H3. The van der Waals surface area contributed by atoms with Gasteiger partial charge in [0.2, 0.25) is 0 Å². The molecule has 2 aliphatic rings. The number of rotatable bonds is 2. The summed E-state index contributed by atoms with van der Waals surface area (Å²) in [6.45, 7) is 1.47. The molecule has 0 saturated heterocycles. The first kappa shape index (κ1) is 13.4. The third-order valence-electron chi connectivity index (χ3n) is 4.43. The van der Waals surface area contributed by atoms with Crippen LogP contribution in [0, 0.1) is 17.8 Å². The fourth-order valence-electron chi connectivity index (χ4n) is 3.57. The molecule has 0 spiro atoms. The summed E-state index contributed by atoms with van der Waals surface area (Å²) in [5.74, 6) is 1.07. The van der Waals surface area contributed by atoms with E-state index in [4.69, 9.17) is 9.39 Å². The van der Waals surface area contributed by atoms with Gasteiger partial charge in [0.25, 0.3) is 5.97 Å². The van der Waals surface area contributed by atoms with Crippen molar-refractivity contribution in [2.75, 3.05) is 0 Å². The van der Waals surface area contributed by atoms with Crippen molar-refractivity contribution in [2.45, 2.75) is 51.6 Å². The molecular formula is C13H21BO4. The van der Waals surface area contributed by atoms with Gasteiger partial charge in [-0.05, 0) is 50.4 Å². The van der Waals surface area contributed by atoms with E-state index in [0.717, 1.165) is 38.5 Å². The summed E-state index contributed by atoms with van der Waals surface area (Å²) in [4.78, 5) is 22.5. The minimum Gasteiger partial charge on any atom is -0.543 e. The van der Waals surface area contributed by atoms with Gasteiger partial charge < -0.3 is 9.39 Å². The molecule has 100 valence electrons. The van der Waals surface area contributed by atoms with E-state index in [1.807, 2.05) is 0 Å². The first-order valence-corrected chi connectivity index (χ1v) is 6.85. The van der Waals surface area contributed by atoms with Crippen molar-refractivity contribution in [3.63, 3.8) is 0 Å². The zero-order valence-corrected chi connectivity index (χ0v) is 11.2. The van der Waals surface area contributed by atoms with Crippen LogP contribution in [-0.2, 0) is 19.0 Å². The highest BCUT2D eigenvalue weighted by atomic mass is 16.5. The first-order valence-electron chi connectivity index (χ1n) is 6.85. The number of fused-ring (bicyclic) bond motifs is 1. The molecule has 0 aliphatic heterocycles. The summed E-state index contributed by atoms with van der Waals surface area (Å²) in [5, 5.41) is 0. The van der Waals surface area contributed by atoms with Crippen LogP contribution in [0.25, 0.3) is 0 Å². The second-order valence-corrected chi connectivity index (χ2v) is 5.60. The van der Waals surface area contributed by atoms with Gasteiger partial charge in [0.05, 0.1) is 5.92 Å². The highest BCUT2D eigenvalue weighted by molar-refractivity contribution is 6.05. The Labute approximate surface area is 109 Å². The fourth-order valence-corrected chi connectivity index (χ4v) is 3.57. The van der Waals surface area contributed by atoms with E-state index >= 15 is 0 Å². The smallest absolute Gasteiger partial charge is 0.325 e. The summed E-state index contributed by atoms with van der Waals surface area (Å²) in [6.07, 6.45) is 5.99. The third-order valence-corrected chi connectivity index (χ3v) is 4.43. The maximum atomic E-state index is 11.6. The van der Waals surface area contributed by atoms with Crippen LogP contribution in [0.4, 0.5) is 0 Å². The quantitative estimate of drug-likeness (QED) is 0.547. The van der Waals surface area contributed by atoms with Crippen molar-refractivity contribution >= 4 is 20.0 Å². The van der Waals surface area contributed by atoms with Gasteiger partial charge in [-0.1, -0.05) is 0 Å². The van der Waals surface area contributed by atoms with Gasteiger partial charge in [0.15, 0.2) is 0 Å². The normalized spacial score (nSPS) is 35.4. The van der Waals surface area contributed by atoms with Gasteiger partial charge in [-0.25, -0.2) is 0 Å². The lowest BCUT2D eigenvalue weighted by atomic mass is 9.67. The molecule has 18 heavy (non-hydrogen) atoms. The van der Waals surface area contributed by atoms with Crippen molar-refractivity contribution in [2.24, 2.45) is 17.8 Å². The number of carbonyl (C=O) groups excluding carboxylic acids is 2. The topological polar surface area (TPSA) is 52.6 Å². The Hall–Kier alpha value is -0.995. The highest BCUT2D eigenvalue weighted by Gasteiger charge is 2.38. The summed E-state index contributed by atoms with van der Waals surface area (Å²) in [7, 11) is 1.46. The molecule has 4 atom stereocenters. The Morgan fingerprint density at radius 3 is 2.39 bits per heavy atom. The van der Waals surface area contributed by atoms with Gasteiger partial charge in [-0.3, -0.25) is 9.59 Å². The molecular weight excluding hydrogens is 231 g/mol. The van der Waals surface area contributed by atoms with E-state index < -0.39 is 0 Å². The predicted molar refractivity (Wildman–Crippen MR) is 68.4 cm³/mol. The van der Waals surface area contributed by atoms with E-state index in [1.165, 1.54) is 15.0 Å². The monoisotopic (exact) mass is 252 g/mol. The Kier molecular flexibility index (Phi) is 4.30. The van der Waals surface area contributed by atoms with E-state index in [-0.39, 0.29) is 24.0 Å². The molecule has 0 aromatic rings. The second kappa shape index (κ2) is 5.76. The van der Waals surface area contributed by atoms with Crippen LogP contribution in [-0.4, -0.2) is 26.1 Å².